The van der Waals surface area contributed by atoms with Crippen molar-refractivity contribution in [2.24, 2.45) is 0 Å². The zero-order valence-electron chi connectivity index (χ0n) is 17.7. The molecule has 168 valence electrons. The van der Waals surface area contributed by atoms with E-state index in [1.54, 1.807) is 54.6 Å². The molecule has 2 N–H and O–H groups in total. The number of nitrogens with zero attached hydrogens (tertiary/aromatic N) is 5. The third-order valence-electron chi connectivity index (χ3n) is 5.36. The Balaban J connectivity index is 1.50. The zero-order valence-corrected chi connectivity index (χ0v) is 17.7. The average molecular weight is 446 g/mol. The van der Waals surface area contributed by atoms with Gasteiger partial charge in [0, 0.05) is 29.5 Å². The van der Waals surface area contributed by atoms with Gasteiger partial charge in [-0.25, -0.2) is 9.97 Å². The number of quaternary nitrogens is 1. The highest BCUT2D eigenvalue weighted by Crippen LogP contribution is 2.29. The van der Waals surface area contributed by atoms with E-state index in [9.17, 15) is 15.2 Å². The monoisotopic (exact) mass is 446 g/mol. The van der Waals surface area contributed by atoms with Crippen LogP contribution in [0.25, 0.3) is 11.3 Å². The molecule has 1 amide bonds. The number of hydroxylamine groups is 2. The summed E-state index contributed by atoms with van der Waals surface area (Å²) in [6, 6.07) is 16.9. The number of nitriles is 1. The number of benzene rings is 2. The predicted octanol–water partition coefficient (Wildman–Crippen LogP) is 2.76. The van der Waals surface area contributed by atoms with Crippen molar-refractivity contribution in [1.29, 1.82) is 5.26 Å². The number of hydrogen-bond acceptors (Lipinski definition) is 8. The van der Waals surface area contributed by atoms with Crippen LogP contribution < -0.4 is 15.0 Å². The molecule has 0 spiro atoms. The molecule has 33 heavy (non-hydrogen) atoms. The quantitative estimate of drug-likeness (QED) is 0.255. The van der Waals surface area contributed by atoms with E-state index in [1.165, 1.54) is 6.20 Å². The molecule has 10 nitrogen and oxygen atoms in total. The summed E-state index contributed by atoms with van der Waals surface area (Å²) in [5, 5.41) is 35.5. The van der Waals surface area contributed by atoms with E-state index >= 15 is 0 Å². The van der Waals surface area contributed by atoms with Crippen LogP contribution in [0, 0.1) is 16.5 Å². The number of ether oxygens (including phenoxy) is 1. The number of morpholine rings is 1. The van der Waals surface area contributed by atoms with Crippen LogP contribution in [-0.2, 0) is 4.74 Å². The summed E-state index contributed by atoms with van der Waals surface area (Å²) >= 11 is 0. The molecule has 1 aliphatic rings. The van der Waals surface area contributed by atoms with Gasteiger partial charge in [-0.1, -0.05) is 12.1 Å². The van der Waals surface area contributed by atoms with Crippen molar-refractivity contribution in [2.45, 2.75) is 0 Å². The average Bonchev–Trinajstić information content (AvgIpc) is 2.87. The van der Waals surface area contributed by atoms with Gasteiger partial charge < -0.3 is 19.9 Å². The number of carbonyl (C=O) groups excluding carboxylic acids is 1. The van der Waals surface area contributed by atoms with Gasteiger partial charge in [0.2, 0.25) is 0 Å². The lowest BCUT2D eigenvalue weighted by molar-refractivity contribution is 0.0615. The Morgan fingerprint density at radius 1 is 1.15 bits per heavy atom. The highest BCUT2D eigenvalue weighted by atomic mass is 16.6. The molecule has 1 saturated heterocycles. The lowest BCUT2D eigenvalue weighted by Crippen LogP contribution is -2.51. The van der Waals surface area contributed by atoms with E-state index in [0.717, 1.165) is 10.6 Å². The lowest BCUT2D eigenvalue weighted by atomic mass is 10.1. The van der Waals surface area contributed by atoms with Gasteiger partial charge in [0.25, 0.3) is 11.9 Å². The maximum atomic E-state index is 12.9. The maximum Gasteiger partial charge on any atom is 0.255 e. The first-order valence-corrected chi connectivity index (χ1v) is 10.3. The molecule has 0 atom stereocenters. The Morgan fingerprint density at radius 2 is 1.85 bits per heavy atom. The van der Waals surface area contributed by atoms with Crippen molar-refractivity contribution in [1.82, 2.24) is 19.9 Å². The van der Waals surface area contributed by atoms with Crippen LogP contribution in [0.1, 0.15) is 10.4 Å². The molecular formula is C23H22N6O4. The summed E-state index contributed by atoms with van der Waals surface area (Å²) in [6.45, 7) is 1.48. The number of anilines is 2. The third-order valence-corrected chi connectivity index (χ3v) is 5.36. The van der Waals surface area contributed by atoms with Gasteiger partial charge in [0.05, 0.1) is 30.7 Å². The van der Waals surface area contributed by atoms with Crippen molar-refractivity contribution in [3.8, 4) is 17.3 Å². The van der Waals surface area contributed by atoms with Crippen molar-refractivity contribution in [3.05, 3.63) is 71.6 Å². The Kier molecular flexibility index (Phi) is 6.58. The molecule has 0 radical (unpaired) electrons. The minimum atomic E-state index is -0.456. The standard InChI is InChI=1S/C23H22N6O4/c24-10-12-25-22(30)18-3-1-17(2-4-18)21-9-11-26-23(27-21)28(31)19-5-7-20(8-6-19)29(32)13-15-33-16-14-29/h1-9,11,31H,12-16H2,(H,25,30). The number of nitrogens with one attached hydrogen (secondary N) is 1. The molecule has 4 rings (SSSR count). The summed E-state index contributed by atoms with van der Waals surface area (Å²) in [6.07, 6.45) is 1.52. The van der Waals surface area contributed by atoms with Crippen molar-refractivity contribution in [3.63, 3.8) is 0 Å². The first kappa shape index (κ1) is 22.3. The second-order valence-corrected chi connectivity index (χ2v) is 7.44. The topological polar surface area (TPSA) is 134 Å². The zero-order chi connectivity index (χ0) is 23.3. The lowest BCUT2D eigenvalue weighted by Gasteiger charge is -2.44. The molecule has 0 bridgehead atoms. The van der Waals surface area contributed by atoms with Crippen molar-refractivity contribution >= 4 is 23.2 Å². The first-order chi connectivity index (χ1) is 16.0. The van der Waals surface area contributed by atoms with E-state index in [2.05, 4.69) is 15.3 Å². The van der Waals surface area contributed by atoms with Gasteiger partial charge in [0.15, 0.2) is 0 Å². The Morgan fingerprint density at radius 3 is 2.52 bits per heavy atom. The predicted molar refractivity (Wildman–Crippen MR) is 121 cm³/mol. The molecule has 3 aromatic rings. The Labute approximate surface area is 190 Å². The van der Waals surface area contributed by atoms with Crippen LogP contribution in [0.15, 0.2) is 60.8 Å². The van der Waals surface area contributed by atoms with Gasteiger partial charge in [-0.15, -0.1) is 0 Å². The fourth-order valence-corrected chi connectivity index (χ4v) is 3.50. The highest BCUT2D eigenvalue weighted by molar-refractivity contribution is 5.94. The van der Waals surface area contributed by atoms with Crippen molar-refractivity contribution in [2.75, 3.05) is 37.9 Å². The summed E-state index contributed by atoms with van der Waals surface area (Å²) in [4.78, 5) is 20.5. The van der Waals surface area contributed by atoms with E-state index in [0.29, 0.717) is 48.9 Å². The van der Waals surface area contributed by atoms with Crippen LogP contribution >= 0.6 is 0 Å². The van der Waals surface area contributed by atoms with E-state index in [-0.39, 0.29) is 18.4 Å². The Hall–Kier alpha value is -3.88. The van der Waals surface area contributed by atoms with E-state index in [4.69, 9.17) is 10.00 Å². The first-order valence-electron chi connectivity index (χ1n) is 10.3. The minimum absolute atomic E-state index is 0.0631. The fraction of sp³-hybridized carbons (Fsp3) is 0.217. The van der Waals surface area contributed by atoms with Crippen LogP contribution in [0.4, 0.5) is 17.3 Å². The van der Waals surface area contributed by atoms with Crippen LogP contribution in [0.2, 0.25) is 0 Å². The number of hydrogen-bond donors (Lipinski definition) is 2. The van der Waals surface area contributed by atoms with Crippen LogP contribution in [-0.4, -0.2) is 53.9 Å². The van der Waals surface area contributed by atoms with E-state index in [1.807, 2.05) is 6.07 Å². The van der Waals surface area contributed by atoms with Gasteiger partial charge in [-0.2, -0.15) is 10.3 Å². The van der Waals surface area contributed by atoms with Crippen LogP contribution in [0.3, 0.4) is 0 Å². The molecule has 1 aromatic heterocycles. The SMILES string of the molecule is N#CCNC(=O)c1ccc(-c2ccnc(N(O)c3ccc([N+]4([O-])CCOCC4)cc3)n2)cc1. The summed E-state index contributed by atoms with van der Waals surface area (Å²) in [7, 11) is 0. The molecular weight excluding hydrogens is 424 g/mol. The molecule has 1 aliphatic heterocycles. The molecule has 2 aromatic carbocycles. The Bertz CT molecular complexity index is 1150. The van der Waals surface area contributed by atoms with Gasteiger partial charge in [-0.05, 0) is 30.3 Å². The smallest absolute Gasteiger partial charge is 0.255 e. The molecule has 0 saturated carbocycles. The summed E-state index contributed by atoms with van der Waals surface area (Å²) < 4.78 is 4.82. The number of aromatic nitrogens is 2. The molecule has 2 heterocycles. The van der Waals surface area contributed by atoms with Gasteiger partial charge in [0.1, 0.15) is 25.3 Å². The van der Waals surface area contributed by atoms with Crippen molar-refractivity contribution < 1.29 is 14.7 Å². The highest BCUT2D eigenvalue weighted by Gasteiger charge is 2.24. The second kappa shape index (κ2) is 9.72. The van der Waals surface area contributed by atoms with Gasteiger partial charge >= 0.3 is 0 Å². The largest absolute Gasteiger partial charge is 0.627 e. The number of rotatable bonds is 6. The summed E-state index contributed by atoms with van der Waals surface area (Å²) in [5.41, 5.74) is 2.72. The fourth-order valence-electron chi connectivity index (χ4n) is 3.50. The normalized spacial score (nSPS) is 14.8. The van der Waals surface area contributed by atoms with Crippen LogP contribution in [0.5, 0.6) is 0 Å². The molecule has 0 aliphatic carbocycles. The molecule has 1 fully saturated rings. The summed E-state index contributed by atoms with van der Waals surface area (Å²) in [5.74, 6) is -0.274. The molecule has 10 heteroatoms. The van der Waals surface area contributed by atoms with Gasteiger partial charge in [-0.3, -0.25) is 10.0 Å². The second-order valence-electron chi connectivity index (χ2n) is 7.44. The minimum Gasteiger partial charge on any atom is -0.627 e. The number of amides is 1. The maximum absolute atomic E-state index is 12.9. The molecule has 0 unspecified atom stereocenters. The third kappa shape index (κ3) is 4.97. The number of carbonyl (C=O) groups is 1. The van der Waals surface area contributed by atoms with E-state index < -0.39 is 4.65 Å².